The molecule has 4 nitrogen and oxygen atoms in total. The molecule has 0 radical (unpaired) electrons. The Morgan fingerprint density at radius 1 is 1.50 bits per heavy atom. The Hall–Kier alpha value is -2.02. The first-order valence-electron chi connectivity index (χ1n) is 4.82. The predicted octanol–water partition coefficient (Wildman–Crippen LogP) is 2.20. The molecule has 18 heavy (non-hydrogen) atoms. The van der Waals surface area contributed by atoms with Gasteiger partial charge in [-0.1, -0.05) is 0 Å². The number of halogens is 2. The molecule has 0 fully saturated rings. The number of nitrogens with zero attached hydrogens (tertiary/aromatic N) is 1. The van der Waals surface area contributed by atoms with E-state index in [1.54, 1.807) is 5.38 Å². The molecule has 1 amide bonds. The number of hydrogen-bond donors (Lipinski definition) is 1. The minimum absolute atomic E-state index is 0.146. The van der Waals surface area contributed by atoms with Crippen molar-refractivity contribution in [3.8, 4) is 16.3 Å². The molecule has 0 aliphatic carbocycles. The molecule has 0 unspecified atom stereocenters. The number of methoxy groups -OCH3 is 1. The van der Waals surface area contributed by atoms with Crippen molar-refractivity contribution in [2.24, 2.45) is 5.73 Å². The van der Waals surface area contributed by atoms with Gasteiger partial charge in [-0.2, -0.15) is 0 Å². The summed E-state index contributed by atoms with van der Waals surface area (Å²) in [6.45, 7) is 0. The summed E-state index contributed by atoms with van der Waals surface area (Å²) in [5.74, 6) is -3.59. The number of carbonyl (C=O) groups is 1. The lowest BCUT2D eigenvalue weighted by Crippen LogP contribution is -2.16. The van der Waals surface area contributed by atoms with E-state index in [4.69, 9.17) is 10.5 Å². The van der Waals surface area contributed by atoms with E-state index in [1.165, 1.54) is 24.6 Å². The molecule has 0 saturated heterocycles. The lowest BCUT2D eigenvalue weighted by molar-refractivity contribution is 0.0991. The fourth-order valence-electron chi connectivity index (χ4n) is 1.54. The second kappa shape index (κ2) is 4.69. The Kier molecular flexibility index (Phi) is 3.24. The van der Waals surface area contributed by atoms with Gasteiger partial charge >= 0.3 is 0 Å². The van der Waals surface area contributed by atoms with E-state index in [0.717, 1.165) is 6.07 Å². The van der Waals surface area contributed by atoms with Crippen molar-refractivity contribution in [1.29, 1.82) is 0 Å². The maximum atomic E-state index is 13.9. The summed E-state index contributed by atoms with van der Waals surface area (Å²) in [4.78, 5) is 14.9. The van der Waals surface area contributed by atoms with E-state index in [0.29, 0.717) is 5.01 Å². The van der Waals surface area contributed by atoms with Gasteiger partial charge in [0.1, 0.15) is 16.4 Å². The lowest BCUT2D eigenvalue weighted by Gasteiger charge is -2.10. The van der Waals surface area contributed by atoms with Gasteiger partial charge in [0.25, 0.3) is 5.91 Å². The molecule has 0 aliphatic rings. The highest BCUT2D eigenvalue weighted by molar-refractivity contribution is 7.13. The van der Waals surface area contributed by atoms with E-state index < -0.39 is 23.1 Å². The number of aromatic nitrogens is 1. The average Bonchev–Trinajstić information content (AvgIpc) is 2.80. The number of hydrogen-bond acceptors (Lipinski definition) is 4. The second-order valence-corrected chi connectivity index (χ2v) is 4.22. The molecular formula is C11H8F2N2O2S. The van der Waals surface area contributed by atoms with Crippen LogP contribution in [0.2, 0.25) is 0 Å². The molecular weight excluding hydrogens is 262 g/mol. The van der Waals surface area contributed by atoms with Gasteiger partial charge in [0, 0.05) is 11.6 Å². The molecule has 1 heterocycles. The Labute approximate surface area is 105 Å². The molecule has 7 heteroatoms. The third-order valence-electron chi connectivity index (χ3n) is 2.29. The van der Waals surface area contributed by atoms with Crippen LogP contribution in [0.4, 0.5) is 8.78 Å². The van der Waals surface area contributed by atoms with E-state index >= 15 is 0 Å². The predicted molar refractivity (Wildman–Crippen MR) is 62.5 cm³/mol. The maximum absolute atomic E-state index is 13.9. The van der Waals surface area contributed by atoms with Crippen molar-refractivity contribution >= 4 is 17.2 Å². The monoisotopic (exact) mass is 270 g/mol. The van der Waals surface area contributed by atoms with Crippen molar-refractivity contribution < 1.29 is 18.3 Å². The van der Waals surface area contributed by atoms with Gasteiger partial charge in [0.15, 0.2) is 11.6 Å². The molecule has 2 N–H and O–H groups in total. The number of benzene rings is 1. The fourth-order valence-corrected chi connectivity index (χ4v) is 2.19. The van der Waals surface area contributed by atoms with E-state index in [1.807, 2.05) is 0 Å². The summed E-state index contributed by atoms with van der Waals surface area (Å²) in [6.07, 6.45) is 1.50. The van der Waals surface area contributed by atoms with Crippen LogP contribution in [0.3, 0.4) is 0 Å². The molecule has 1 aromatic heterocycles. The number of primary amides is 1. The van der Waals surface area contributed by atoms with Crippen molar-refractivity contribution in [1.82, 2.24) is 4.98 Å². The van der Waals surface area contributed by atoms with Crippen LogP contribution in [0, 0.1) is 11.6 Å². The minimum atomic E-state index is -1.19. The van der Waals surface area contributed by atoms with E-state index in [2.05, 4.69) is 4.98 Å². The largest absolute Gasteiger partial charge is 0.493 e. The SMILES string of the molecule is COc1c(-c2nccs2)cc(F)c(C(N)=O)c1F. The van der Waals surface area contributed by atoms with Crippen LogP contribution in [-0.2, 0) is 0 Å². The summed E-state index contributed by atoms with van der Waals surface area (Å²) in [7, 11) is 1.22. The molecule has 94 valence electrons. The van der Waals surface area contributed by atoms with Crippen molar-refractivity contribution in [3.05, 3.63) is 34.8 Å². The van der Waals surface area contributed by atoms with Crippen LogP contribution in [0.5, 0.6) is 5.75 Å². The quantitative estimate of drug-likeness (QED) is 0.929. The van der Waals surface area contributed by atoms with Gasteiger partial charge < -0.3 is 10.5 Å². The van der Waals surface area contributed by atoms with Crippen LogP contribution in [-0.4, -0.2) is 18.0 Å². The van der Waals surface area contributed by atoms with Gasteiger partial charge in [-0.25, -0.2) is 13.8 Å². The van der Waals surface area contributed by atoms with Gasteiger partial charge in [-0.3, -0.25) is 4.79 Å². The number of carbonyl (C=O) groups excluding carboxylic acids is 1. The molecule has 1 aromatic carbocycles. The standard InChI is InChI=1S/C11H8F2N2O2S/c1-17-9-5(11-15-2-3-18-11)4-6(12)7(8(9)13)10(14)16/h2-4H,1H3,(H2,14,16). The highest BCUT2D eigenvalue weighted by Gasteiger charge is 2.24. The van der Waals surface area contributed by atoms with Crippen LogP contribution < -0.4 is 10.5 Å². The van der Waals surface area contributed by atoms with E-state index in [9.17, 15) is 13.6 Å². The number of thiazole rings is 1. The number of rotatable bonds is 3. The highest BCUT2D eigenvalue weighted by atomic mass is 32.1. The van der Waals surface area contributed by atoms with Crippen molar-refractivity contribution in [3.63, 3.8) is 0 Å². The smallest absolute Gasteiger partial charge is 0.254 e. The number of ether oxygens (including phenoxy) is 1. The summed E-state index contributed by atoms with van der Waals surface area (Å²) in [5.41, 5.74) is 4.25. The van der Waals surface area contributed by atoms with Crippen LogP contribution in [0.1, 0.15) is 10.4 Å². The average molecular weight is 270 g/mol. The van der Waals surface area contributed by atoms with Crippen LogP contribution in [0.15, 0.2) is 17.6 Å². The molecule has 0 aliphatic heterocycles. The Morgan fingerprint density at radius 3 is 2.72 bits per heavy atom. The first kappa shape index (κ1) is 12.4. The summed E-state index contributed by atoms with van der Waals surface area (Å²) in [5, 5.41) is 2.05. The van der Waals surface area contributed by atoms with E-state index in [-0.39, 0.29) is 11.3 Å². The van der Waals surface area contributed by atoms with Crippen LogP contribution in [0.25, 0.3) is 10.6 Å². The van der Waals surface area contributed by atoms with Crippen molar-refractivity contribution in [2.75, 3.05) is 7.11 Å². The molecule has 2 rings (SSSR count). The van der Waals surface area contributed by atoms with Gasteiger partial charge in [0.2, 0.25) is 0 Å². The highest BCUT2D eigenvalue weighted by Crippen LogP contribution is 2.36. The first-order chi connectivity index (χ1) is 8.56. The van der Waals surface area contributed by atoms with Gasteiger partial charge in [-0.15, -0.1) is 11.3 Å². The minimum Gasteiger partial charge on any atom is -0.493 e. The Bertz CT molecular complexity index is 600. The van der Waals surface area contributed by atoms with Crippen LogP contribution >= 0.6 is 11.3 Å². The fraction of sp³-hybridized carbons (Fsp3) is 0.0909. The summed E-state index contributed by atoms with van der Waals surface area (Å²) < 4.78 is 32.5. The summed E-state index contributed by atoms with van der Waals surface area (Å²) in [6, 6.07) is 0.987. The molecule has 0 bridgehead atoms. The first-order valence-corrected chi connectivity index (χ1v) is 5.70. The number of amides is 1. The maximum Gasteiger partial charge on any atom is 0.254 e. The zero-order valence-electron chi connectivity index (χ0n) is 9.24. The lowest BCUT2D eigenvalue weighted by atomic mass is 10.1. The Morgan fingerprint density at radius 2 is 2.22 bits per heavy atom. The zero-order valence-corrected chi connectivity index (χ0v) is 10.1. The topological polar surface area (TPSA) is 65.2 Å². The third kappa shape index (κ3) is 1.92. The molecule has 2 aromatic rings. The second-order valence-electron chi connectivity index (χ2n) is 3.33. The number of nitrogens with two attached hydrogens (primary N) is 1. The molecule has 0 spiro atoms. The van der Waals surface area contributed by atoms with Gasteiger partial charge in [-0.05, 0) is 6.07 Å². The summed E-state index contributed by atoms with van der Waals surface area (Å²) >= 11 is 1.20. The normalized spacial score (nSPS) is 10.4. The zero-order chi connectivity index (χ0) is 13.3. The third-order valence-corrected chi connectivity index (χ3v) is 3.09. The Balaban J connectivity index is 2.74. The van der Waals surface area contributed by atoms with Crippen molar-refractivity contribution in [2.45, 2.75) is 0 Å². The molecule has 0 atom stereocenters. The molecule has 0 saturated carbocycles. The van der Waals surface area contributed by atoms with Gasteiger partial charge in [0.05, 0.1) is 12.7 Å².